The second-order valence-electron chi connectivity index (χ2n) is 6.83. The summed E-state index contributed by atoms with van der Waals surface area (Å²) in [5, 5.41) is 0. The van der Waals surface area contributed by atoms with Crippen LogP contribution in [-0.2, 0) is 0 Å². The van der Waals surface area contributed by atoms with Crippen LogP contribution in [0.15, 0.2) is 24.3 Å². The zero-order valence-corrected chi connectivity index (χ0v) is 13.2. The molecule has 1 nitrogen and oxygen atoms in total. The van der Waals surface area contributed by atoms with Gasteiger partial charge in [-0.25, -0.2) is 4.39 Å². The van der Waals surface area contributed by atoms with E-state index in [9.17, 15) is 4.39 Å². The molecule has 20 heavy (non-hydrogen) atoms. The Morgan fingerprint density at radius 1 is 1.00 bits per heavy atom. The Morgan fingerprint density at radius 3 is 2.10 bits per heavy atom. The molecule has 0 heterocycles. The van der Waals surface area contributed by atoms with Gasteiger partial charge < -0.3 is 17.3 Å². The van der Waals surface area contributed by atoms with Crippen LogP contribution in [-0.4, -0.2) is 20.6 Å². The Labute approximate surface area is 128 Å². The van der Waals surface area contributed by atoms with Gasteiger partial charge in [0, 0.05) is 5.92 Å². The smallest absolute Gasteiger partial charge is 0.123 e. The molecule has 3 aliphatic rings. The van der Waals surface area contributed by atoms with Gasteiger partial charge in [-0.15, -0.1) is 0 Å². The first-order chi connectivity index (χ1) is 9.15. The Kier molecular flexibility index (Phi) is 5.09. The van der Waals surface area contributed by atoms with Crippen molar-refractivity contribution in [3.63, 3.8) is 0 Å². The van der Waals surface area contributed by atoms with Crippen LogP contribution in [0.5, 0.6) is 0 Å². The van der Waals surface area contributed by atoms with Crippen molar-refractivity contribution in [3.8, 4) is 0 Å². The molecule has 3 saturated carbocycles. The first-order valence-corrected chi connectivity index (χ1v) is 7.69. The van der Waals surface area contributed by atoms with Crippen LogP contribution in [0.3, 0.4) is 0 Å². The average Bonchev–Trinajstić information content (AvgIpc) is 2.41. The van der Waals surface area contributed by atoms with Crippen molar-refractivity contribution in [2.75, 3.05) is 20.6 Å². The van der Waals surface area contributed by atoms with Gasteiger partial charge in [-0.05, 0) is 61.1 Å². The normalized spacial score (nSPS) is 32.2. The van der Waals surface area contributed by atoms with Crippen LogP contribution in [0, 0.1) is 23.6 Å². The molecule has 4 rings (SSSR count). The van der Waals surface area contributed by atoms with Crippen LogP contribution in [0.4, 0.5) is 4.39 Å². The van der Waals surface area contributed by atoms with Crippen molar-refractivity contribution in [2.45, 2.75) is 31.6 Å². The lowest BCUT2D eigenvalue weighted by molar-refractivity contribution is -0.863. The summed E-state index contributed by atoms with van der Waals surface area (Å²) < 4.78 is 13.1. The summed E-state index contributed by atoms with van der Waals surface area (Å²) in [6.45, 7) is 1.25. The lowest BCUT2D eigenvalue weighted by Gasteiger charge is -2.49. The van der Waals surface area contributed by atoms with Gasteiger partial charge in [-0.1, -0.05) is 12.1 Å². The van der Waals surface area contributed by atoms with E-state index in [4.69, 9.17) is 0 Å². The quantitative estimate of drug-likeness (QED) is 0.767. The SMILES string of the molecule is C[NH+](C)CC1C2CCC(CC2)C1c1ccc(F)cc1.[Cl-]. The van der Waals surface area contributed by atoms with Crippen LogP contribution in [0.1, 0.15) is 37.2 Å². The minimum atomic E-state index is -0.112. The van der Waals surface area contributed by atoms with Crippen LogP contribution < -0.4 is 17.3 Å². The van der Waals surface area contributed by atoms with Gasteiger partial charge >= 0.3 is 0 Å². The molecule has 1 aromatic rings. The van der Waals surface area contributed by atoms with E-state index in [0.717, 1.165) is 17.8 Å². The fraction of sp³-hybridized carbons (Fsp3) is 0.647. The Morgan fingerprint density at radius 2 is 1.55 bits per heavy atom. The van der Waals surface area contributed by atoms with E-state index >= 15 is 0 Å². The van der Waals surface area contributed by atoms with Gasteiger partial charge in [0.15, 0.2) is 0 Å². The van der Waals surface area contributed by atoms with Gasteiger partial charge in [0.25, 0.3) is 0 Å². The second-order valence-corrected chi connectivity index (χ2v) is 6.83. The van der Waals surface area contributed by atoms with E-state index in [0.29, 0.717) is 5.92 Å². The molecule has 0 radical (unpaired) electrons. The van der Waals surface area contributed by atoms with Gasteiger partial charge in [-0.3, -0.25) is 0 Å². The molecule has 2 unspecified atom stereocenters. The molecule has 3 aliphatic carbocycles. The van der Waals surface area contributed by atoms with Gasteiger partial charge in [0.1, 0.15) is 5.82 Å². The van der Waals surface area contributed by atoms with E-state index in [1.54, 1.807) is 17.0 Å². The molecule has 112 valence electrons. The number of fused-ring (bicyclic) bond motifs is 3. The Bertz CT molecular complexity index is 423. The molecule has 0 saturated heterocycles. The zero-order chi connectivity index (χ0) is 13.4. The molecule has 1 aromatic carbocycles. The van der Waals surface area contributed by atoms with Gasteiger partial charge in [0.05, 0.1) is 20.6 Å². The largest absolute Gasteiger partial charge is 1.00 e. The molecule has 0 amide bonds. The van der Waals surface area contributed by atoms with Crippen molar-refractivity contribution in [1.82, 2.24) is 0 Å². The highest BCUT2D eigenvalue weighted by Crippen LogP contribution is 2.52. The molecule has 0 spiro atoms. The Balaban J connectivity index is 0.00000147. The molecule has 2 atom stereocenters. The van der Waals surface area contributed by atoms with Gasteiger partial charge in [0.2, 0.25) is 0 Å². The molecule has 2 bridgehead atoms. The fourth-order valence-corrected chi connectivity index (χ4v) is 4.54. The van der Waals surface area contributed by atoms with Crippen molar-refractivity contribution in [2.24, 2.45) is 17.8 Å². The average molecular weight is 298 g/mol. The molecule has 1 N–H and O–H groups in total. The lowest BCUT2D eigenvalue weighted by atomic mass is 9.57. The van der Waals surface area contributed by atoms with Crippen LogP contribution in [0.2, 0.25) is 0 Å². The summed E-state index contributed by atoms with van der Waals surface area (Å²) in [5.74, 6) is 3.08. The van der Waals surface area contributed by atoms with E-state index < -0.39 is 0 Å². The summed E-state index contributed by atoms with van der Waals surface area (Å²) in [7, 11) is 4.51. The predicted molar refractivity (Wildman–Crippen MR) is 75.8 cm³/mol. The van der Waals surface area contributed by atoms with Crippen molar-refractivity contribution >= 4 is 0 Å². The lowest BCUT2D eigenvalue weighted by Crippen LogP contribution is -3.06. The summed E-state index contributed by atoms with van der Waals surface area (Å²) in [4.78, 5) is 1.55. The third-order valence-corrected chi connectivity index (χ3v) is 5.29. The minimum absolute atomic E-state index is 0. The number of rotatable bonds is 3. The summed E-state index contributed by atoms with van der Waals surface area (Å²) >= 11 is 0. The van der Waals surface area contributed by atoms with E-state index in [2.05, 4.69) is 14.1 Å². The molecular formula is C17H25ClFN. The molecule has 0 aliphatic heterocycles. The van der Waals surface area contributed by atoms with Gasteiger partial charge in [-0.2, -0.15) is 0 Å². The molecule has 3 heteroatoms. The van der Waals surface area contributed by atoms with E-state index in [1.807, 2.05) is 12.1 Å². The fourth-order valence-electron chi connectivity index (χ4n) is 4.54. The number of hydrogen-bond acceptors (Lipinski definition) is 0. The monoisotopic (exact) mass is 297 g/mol. The number of hydrogen-bond donors (Lipinski definition) is 1. The number of benzene rings is 1. The Hall–Kier alpha value is -0.600. The maximum absolute atomic E-state index is 13.1. The first kappa shape index (κ1) is 15.8. The zero-order valence-electron chi connectivity index (χ0n) is 12.4. The van der Waals surface area contributed by atoms with Crippen molar-refractivity contribution in [3.05, 3.63) is 35.6 Å². The molecule has 3 fully saturated rings. The number of nitrogens with one attached hydrogen (secondary N) is 1. The summed E-state index contributed by atoms with van der Waals surface area (Å²) in [6, 6.07) is 7.33. The number of halogens is 2. The van der Waals surface area contributed by atoms with Crippen molar-refractivity contribution in [1.29, 1.82) is 0 Å². The van der Waals surface area contributed by atoms with Crippen LogP contribution >= 0.6 is 0 Å². The number of quaternary nitrogens is 1. The topological polar surface area (TPSA) is 4.44 Å². The molecule has 0 aromatic heterocycles. The highest BCUT2D eigenvalue weighted by Gasteiger charge is 2.45. The maximum atomic E-state index is 13.1. The third kappa shape index (κ3) is 3.01. The minimum Gasteiger partial charge on any atom is -1.00 e. The van der Waals surface area contributed by atoms with E-state index in [1.165, 1.54) is 37.8 Å². The predicted octanol–water partition coefficient (Wildman–Crippen LogP) is -0.506. The third-order valence-electron chi connectivity index (χ3n) is 5.29. The van der Waals surface area contributed by atoms with E-state index in [-0.39, 0.29) is 18.2 Å². The highest BCUT2D eigenvalue weighted by molar-refractivity contribution is 5.24. The summed E-state index contributed by atoms with van der Waals surface area (Å²) in [6.07, 6.45) is 5.60. The second kappa shape index (κ2) is 6.44. The molecular weight excluding hydrogens is 273 g/mol. The van der Waals surface area contributed by atoms with Crippen molar-refractivity contribution < 1.29 is 21.7 Å². The maximum Gasteiger partial charge on any atom is 0.123 e. The highest BCUT2D eigenvalue weighted by atomic mass is 35.5. The van der Waals surface area contributed by atoms with Crippen LogP contribution in [0.25, 0.3) is 0 Å². The first-order valence-electron chi connectivity index (χ1n) is 7.69. The standard InChI is InChI=1S/C17H24FN.ClH/c1-19(2)11-16-12-3-5-13(6-4-12)17(16)14-7-9-15(18)10-8-14;/h7-10,12-13,16-17H,3-6,11H2,1-2H3;1H. The summed E-state index contributed by atoms with van der Waals surface area (Å²) in [5.41, 5.74) is 1.38.